The number of rotatable bonds is 5. The van der Waals surface area contributed by atoms with Crippen LogP contribution in [0.5, 0.6) is 0 Å². The average Bonchev–Trinajstić information content (AvgIpc) is 2.40. The summed E-state index contributed by atoms with van der Waals surface area (Å²) < 4.78 is 0. The van der Waals surface area contributed by atoms with Crippen molar-refractivity contribution in [1.82, 2.24) is 14.9 Å². The lowest BCUT2D eigenvalue weighted by atomic mass is 10.1. The van der Waals surface area contributed by atoms with Crippen molar-refractivity contribution < 1.29 is 9.90 Å². The Morgan fingerprint density at radius 2 is 2.00 bits per heavy atom. The van der Waals surface area contributed by atoms with E-state index in [0.717, 1.165) is 19.6 Å². The lowest BCUT2D eigenvalue weighted by Gasteiger charge is -2.26. The predicted octanol–water partition coefficient (Wildman–Crippen LogP) is 1.07. The first kappa shape index (κ1) is 12.8. The smallest absolute Gasteiger partial charge is 0.358 e. The average molecular weight is 250 g/mol. The summed E-state index contributed by atoms with van der Waals surface area (Å²) in [5, 5.41) is 12.0. The molecule has 1 aromatic heterocycles. The van der Waals surface area contributed by atoms with Gasteiger partial charge in [0.1, 0.15) is 0 Å². The lowest BCUT2D eigenvalue weighted by Crippen LogP contribution is -2.34. The largest absolute Gasteiger partial charge is 0.476 e. The van der Waals surface area contributed by atoms with E-state index in [2.05, 4.69) is 20.2 Å². The first-order chi connectivity index (χ1) is 8.77. The molecule has 0 aliphatic carbocycles. The normalized spacial score (nSPS) is 16.4. The zero-order valence-electron chi connectivity index (χ0n) is 10.3. The van der Waals surface area contributed by atoms with E-state index in [9.17, 15) is 4.79 Å². The number of carbonyl (C=O) groups is 1. The number of carboxylic acids is 1. The molecule has 0 saturated carbocycles. The van der Waals surface area contributed by atoms with Gasteiger partial charge in [-0.05, 0) is 25.9 Å². The van der Waals surface area contributed by atoms with Gasteiger partial charge in [-0.3, -0.25) is 0 Å². The molecule has 0 atom stereocenters. The highest BCUT2D eigenvalue weighted by atomic mass is 16.4. The zero-order chi connectivity index (χ0) is 12.8. The van der Waals surface area contributed by atoms with Crippen molar-refractivity contribution in [2.24, 2.45) is 0 Å². The molecule has 0 unspecified atom stereocenters. The highest BCUT2D eigenvalue weighted by Gasteiger charge is 2.13. The molecule has 2 rings (SSSR count). The van der Waals surface area contributed by atoms with E-state index in [1.54, 1.807) is 0 Å². The summed E-state index contributed by atoms with van der Waals surface area (Å²) in [6, 6.07) is 0. The van der Waals surface area contributed by atoms with E-state index < -0.39 is 5.97 Å². The van der Waals surface area contributed by atoms with Crippen molar-refractivity contribution in [3.63, 3.8) is 0 Å². The summed E-state index contributed by atoms with van der Waals surface area (Å²) in [7, 11) is 0. The van der Waals surface area contributed by atoms with Crippen LogP contribution in [-0.4, -0.2) is 52.1 Å². The van der Waals surface area contributed by atoms with Crippen molar-refractivity contribution >= 4 is 11.8 Å². The van der Waals surface area contributed by atoms with Crippen molar-refractivity contribution in [3.05, 3.63) is 18.1 Å². The van der Waals surface area contributed by atoms with Crippen molar-refractivity contribution in [2.45, 2.75) is 19.3 Å². The summed E-state index contributed by atoms with van der Waals surface area (Å²) in [6.07, 6.45) is 6.71. The van der Waals surface area contributed by atoms with Gasteiger partial charge in [-0.2, -0.15) is 0 Å². The Kier molecular flexibility index (Phi) is 4.46. The Balaban J connectivity index is 1.84. The zero-order valence-corrected chi connectivity index (χ0v) is 10.3. The molecule has 2 heterocycles. The number of nitrogens with zero attached hydrogens (tertiary/aromatic N) is 3. The Bertz CT molecular complexity index is 405. The van der Waals surface area contributed by atoms with Gasteiger partial charge in [0.15, 0.2) is 11.5 Å². The molecule has 98 valence electrons. The maximum Gasteiger partial charge on any atom is 0.358 e. The van der Waals surface area contributed by atoms with Gasteiger partial charge < -0.3 is 15.3 Å². The van der Waals surface area contributed by atoms with Gasteiger partial charge in [-0.15, -0.1) is 0 Å². The van der Waals surface area contributed by atoms with Crippen LogP contribution >= 0.6 is 0 Å². The van der Waals surface area contributed by atoms with E-state index in [4.69, 9.17) is 5.11 Å². The van der Waals surface area contributed by atoms with E-state index in [1.807, 2.05) is 0 Å². The van der Waals surface area contributed by atoms with Crippen LogP contribution in [0.3, 0.4) is 0 Å². The van der Waals surface area contributed by atoms with Gasteiger partial charge in [0, 0.05) is 25.5 Å². The fourth-order valence-electron chi connectivity index (χ4n) is 2.14. The molecule has 2 N–H and O–H groups in total. The van der Waals surface area contributed by atoms with Crippen LogP contribution in [0.2, 0.25) is 0 Å². The fourth-order valence-corrected chi connectivity index (χ4v) is 2.14. The summed E-state index contributed by atoms with van der Waals surface area (Å²) in [5.74, 6) is -0.703. The van der Waals surface area contributed by atoms with Crippen molar-refractivity contribution in [2.75, 3.05) is 31.5 Å². The number of nitrogens with one attached hydrogen (secondary N) is 1. The molecule has 1 aromatic rings. The van der Waals surface area contributed by atoms with E-state index in [0.29, 0.717) is 12.4 Å². The van der Waals surface area contributed by atoms with Crippen LogP contribution in [0.25, 0.3) is 0 Å². The Labute approximate surface area is 106 Å². The molecular weight excluding hydrogens is 232 g/mol. The molecule has 0 aromatic carbocycles. The number of likely N-dealkylation sites (tertiary alicyclic amines) is 1. The third kappa shape index (κ3) is 3.40. The van der Waals surface area contributed by atoms with Crippen LogP contribution in [0, 0.1) is 0 Å². The standard InChI is InChI=1S/C12H18N4O2/c17-12(18)10-11(14-5-4-13-10)15-6-9-16-7-2-1-3-8-16/h4-5H,1-3,6-9H2,(H,14,15)(H,17,18). The molecule has 18 heavy (non-hydrogen) atoms. The van der Waals surface area contributed by atoms with Gasteiger partial charge in [0.2, 0.25) is 0 Å². The summed E-state index contributed by atoms with van der Waals surface area (Å²) in [6.45, 7) is 3.87. The number of anilines is 1. The van der Waals surface area contributed by atoms with Crippen LogP contribution in [-0.2, 0) is 0 Å². The maximum atomic E-state index is 10.9. The molecule has 1 fully saturated rings. The van der Waals surface area contributed by atoms with Gasteiger partial charge in [-0.1, -0.05) is 6.42 Å². The van der Waals surface area contributed by atoms with Crippen LogP contribution in [0.1, 0.15) is 29.8 Å². The Morgan fingerprint density at radius 1 is 1.28 bits per heavy atom. The van der Waals surface area contributed by atoms with Gasteiger partial charge in [-0.25, -0.2) is 14.8 Å². The monoisotopic (exact) mass is 250 g/mol. The predicted molar refractivity (Wildman–Crippen MR) is 67.8 cm³/mol. The molecule has 1 saturated heterocycles. The topological polar surface area (TPSA) is 78.3 Å². The van der Waals surface area contributed by atoms with E-state index >= 15 is 0 Å². The van der Waals surface area contributed by atoms with Crippen LogP contribution < -0.4 is 5.32 Å². The fraction of sp³-hybridized carbons (Fsp3) is 0.583. The van der Waals surface area contributed by atoms with Gasteiger partial charge in [0.25, 0.3) is 0 Å². The third-order valence-electron chi connectivity index (χ3n) is 3.07. The van der Waals surface area contributed by atoms with Gasteiger partial charge >= 0.3 is 5.97 Å². The second kappa shape index (κ2) is 6.30. The Morgan fingerprint density at radius 3 is 2.72 bits per heavy atom. The molecular formula is C12H18N4O2. The Hall–Kier alpha value is -1.69. The molecule has 1 aliphatic heterocycles. The van der Waals surface area contributed by atoms with E-state index in [-0.39, 0.29) is 5.69 Å². The second-order valence-corrected chi connectivity index (χ2v) is 4.39. The molecule has 6 nitrogen and oxygen atoms in total. The number of hydrogen-bond acceptors (Lipinski definition) is 5. The molecule has 0 radical (unpaired) electrons. The molecule has 0 spiro atoms. The quantitative estimate of drug-likeness (QED) is 0.814. The minimum Gasteiger partial charge on any atom is -0.476 e. The SMILES string of the molecule is O=C(O)c1nccnc1NCCN1CCCCC1. The number of aromatic nitrogens is 2. The third-order valence-corrected chi connectivity index (χ3v) is 3.07. The van der Waals surface area contributed by atoms with Crippen LogP contribution in [0.15, 0.2) is 12.4 Å². The molecule has 0 bridgehead atoms. The highest BCUT2D eigenvalue weighted by Crippen LogP contribution is 2.10. The molecule has 1 aliphatic rings. The first-order valence-electron chi connectivity index (χ1n) is 6.28. The maximum absolute atomic E-state index is 10.9. The summed E-state index contributed by atoms with van der Waals surface area (Å²) >= 11 is 0. The molecule has 6 heteroatoms. The summed E-state index contributed by atoms with van der Waals surface area (Å²) in [5.41, 5.74) is -0.0175. The summed E-state index contributed by atoms with van der Waals surface area (Å²) in [4.78, 5) is 21.1. The number of hydrogen-bond donors (Lipinski definition) is 2. The number of carboxylic acid groups (broad SMARTS) is 1. The number of aromatic carboxylic acids is 1. The number of piperidine rings is 1. The minimum atomic E-state index is -1.05. The lowest BCUT2D eigenvalue weighted by molar-refractivity contribution is 0.0691. The van der Waals surface area contributed by atoms with Crippen molar-refractivity contribution in [1.29, 1.82) is 0 Å². The van der Waals surface area contributed by atoms with Gasteiger partial charge in [0.05, 0.1) is 0 Å². The minimum absolute atomic E-state index is 0.0175. The second-order valence-electron chi connectivity index (χ2n) is 4.39. The van der Waals surface area contributed by atoms with Crippen molar-refractivity contribution in [3.8, 4) is 0 Å². The highest BCUT2D eigenvalue weighted by molar-refractivity contribution is 5.90. The van der Waals surface area contributed by atoms with Crippen LogP contribution in [0.4, 0.5) is 5.82 Å². The first-order valence-corrected chi connectivity index (χ1v) is 6.28. The molecule has 0 amide bonds. The van der Waals surface area contributed by atoms with E-state index in [1.165, 1.54) is 31.7 Å².